The minimum Gasteiger partial charge on any atom is -0.387 e. The maximum Gasteiger partial charge on any atom is 0.222 e. The van der Waals surface area contributed by atoms with Crippen LogP contribution in [-0.2, 0) is 0 Å². The third-order valence-electron chi connectivity index (χ3n) is 2.80. The first-order valence-corrected chi connectivity index (χ1v) is 5.94. The van der Waals surface area contributed by atoms with E-state index in [9.17, 15) is 5.11 Å². The topological polar surface area (TPSA) is 58.0 Å². The standard InChI is InChI=1S/C14H17N3O/c1-10-5-3-4-6-12(10)13(18)9-16-14-15-8-7-11(2)17-14/h3-8,13,18H,9H2,1-2H3,(H,15,16,17). The largest absolute Gasteiger partial charge is 0.387 e. The van der Waals surface area contributed by atoms with Crippen LogP contribution in [0.2, 0.25) is 0 Å². The van der Waals surface area contributed by atoms with Crippen molar-refractivity contribution < 1.29 is 5.11 Å². The number of hydrogen-bond donors (Lipinski definition) is 2. The van der Waals surface area contributed by atoms with E-state index >= 15 is 0 Å². The second kappa shape index (κ2) is 5.60. The highest BCUT2D eigenvalue weighted by atomic mass is 16.3. The van der Waals surface area contributed by atoms with Crippen LogP contribution in [0.15, 0.2) is 36.5 Å². The van der Waals surface area contributed by atoms with Crippen molar-refractivity contribution in [2.45, 2.75) is 20.0 Å². The van der Waals surface area contributed by atoms with Crippen molar-refractivity contribution in [2.24, 2.45) is 0 Å². The fraction of sp³-hybridized carbons (Fsp3) is 0.286. The number of benzene rings is 1. The second-order valence-corrected chi connectivity index (χ2v) is 4.27. The highest BCUT2D eigenvalue weighted by Gasteiger charge is 2.09. The molecule has 0 aliphatic heterocycles. The van der Waals surface area contributed by atoms with E-state index in [4.69, 9.17) is 0 Å². The average Bonchev–Trinajstić information content (AvgIpc) is 2.37. The van der Waals surface area contributed by atoms with Gasteiger partial charge in [0.2, 0.25) is 5.95 Å². The number of aliphatic hydroxyl groups excluding tert-OH is 1. The van der Waals surface area contributed by atoms with Gasteiger partial charge in [0.25, 0.3) is 0 Å². The van der Waals surface area contributed by atoms with Crippen molar-refractivity contribution in [3.63, 3.8) is 0 Å². The van der Waals surface area contributed by atoms with Crippen molar-refractivity contribution in [3.05, 3.63) is 53.3 Å². The summed E-state index contributed by atoms with van der Waals surface area (Å²) in [5.74, 6) is 0.544. The molecule has 1 aromatic carbocycles. The van der Waals surface area contributed by atoms with Gasteiger partial charge in [0, 0.05) is 18.4 Å². The molecular weight excluding hydrogens is 226 g/mol. The van der Waals surface area contributed by atoms with E-state index < -0.39 is 6.10 Å². The normalized spacial score (nSPS) is 12.2. The highest BCUT2D eigenvalue weighted by molar-refractivity contribution is 5.30. The summed E-state index contributed by atoms with van der Waals surface area (Å²) in [4.78, 5) is 8.32. The molecule has 1 heterocycles. The molecule has 0 bridgehead atoms. The van der Waals surface area contributed by atoms with Crippen LogP contribution in [0, 0.1) is 13.8 Å². The summed E-state index contributed by atoms with van der Waals surface area (Å²) in [5.41, 5.74) is 2.91. The first-order valence-electron chi connectivity index (χ1n) is 5.94. The van der Waals surface area contributed by atoms with E-state index in [1.807, 2.05) is 44.2 Å². The Labute approximate surface area is 107 Å². The molecule has 94 valence electrons. The third kappa shape index (κ3) is 3.05. The molecule has 4 heteroatoms. The Hall–Kier alpha value is -1.94. The number of anilines is 1. The van der Waals surface area contributed by atoms with Crippen LogP contribution in [0.5, 0.6) is 0 Å². The SMILES string of the molecule is Cc1ccnc(NCC(O)c2ccccc2C)n1. The molecule has 0 radical (unpaired) electrons. The zero-order chi connectivity index (χ0) is 13.0. The first-order chi connectivity index (χ1) is 8.66. The van der Waals surface area contributed by atoms with Crippen molar-refractivity contribution in [2.75, 3.05) is 11.9 Å². The molecule has 1 aromatic heterocycles. The van der Waals surface area contributed by atoms with E-state index in [0.717, 1.165) is 16.8 Å². The summed E-state index contributed by atoms with van der Waals surface area (Å²) in [6.45, 7) is 4.29. The Morgan fingerprint density at radius 3 is 2.72 bits per heavy atom. The maximum atomic E-state index is 10.1. The Morgan fingerprint density at radius 2 is 2.00 bits per heavy atom. The maximum absolute atomic E-state index is 10.1. The summed E-state index contributed by atoms with van der Waals surface area (Å²) in [6, 6.07) is 9.64. The average molecular weight is 243 g/mol. The molecule has 1 atom stereocenters. The molecular formula is C14H17N3O. The lowest BCUT2D eigenvalue weighted by Crippen LogP contribution is -2.14. The zero-order valence-corrected chi connectivity index (χ0v) is 10.6. The molecule has 2 aromatic rings. The Bertz CT molecular complexity index is 528. The number of aromatic nitrogens is 2. The summed E-state index contributed by atoms with van der Waals surface area (Å²) < 4.78 is 0. The van der Waals surface area contributed by atoms with Crippen molar-refractivity contribution >= 4 is 5.95 Å². The van der Waals surface area contributed by atoms with Crippen LogP contribution in [0.1, 0.15) is 22.9 Å². The summed E-state index contributed by atoms with van der Waals surface area (Å²) >= 11 is 0. The van der Waals surface area contributed by atoms with Crippen LogP contribution in [0.25, 0.3) is 0 Å². The lowest BCUT2D eigenvalue weighted by atomic mass is 10.0. The van der Waals surface area contributed by atoms with Crippen LogP contribution in [0.4, 0.5) is 5.95 Å². The Kier molecular flexibility index (Phi) is 3.89. The predicted octanol–water partition coefficient (Wildman–Crippen LogP) is 2.24. The number of aryl methyl sites for hydroxylation is 2. The van der Waals surface area contributed by atoms with E-state index in [2.05, 4.69) is 15.3 Å². The fourth-order valence-electron chi connectivity index (χ4n) is 1.79. The van der Waals surface area contributed by atoms with Gasteiger partial charge in [-0.15, -0.1) is 0 Å². The second-order valence-electron chi connectivity index (χ2n) is 4.27. The molecule has 0 aliphatic carbocycles. The lowest BCUT2D eigenvalue weighted by molar-refractivity contribution is 0.190. The van der Waals surface area contributed by atoms with Gasteiger partial charge in [0.1, 0.15) is 0 Å². The van der Waals surface area contributed by atoms with Crippen molar-refractivity contribution in [1.82, 2.24) is 9.97 Å². The van der Waals surface area contributed by atoms with E-state index in [-0.39, 0.29) is 0 Å². The summed E-state index contributed by atoms with van der Waals surface area (Å²) in [5, 5.41) is 13.2. The minimum absolute atomic E-state index is 0.397. The summed E-state index contributed by atoms with van der Waals surface area (Å²) in [6.07, 6.45) is 1.14. The number of rotatable bonds is 4. The van der Waals surface area contributed by atoms with Crippen LogP contribution >= 0.6 is 0 Å². The van der Waals surface area contributed by atoms with Gasteiger partial charge in [-0.25, -0.2) is 9.97 Å². The third-order valence-corrected chi connectivity index (χ3v) is 2.80. The van der Waals surface area contributed by atoms with Crippen LogP contribution < -0.4 is 5.32 Å². The van der Waals surface area contributed by atoms with E-state index in [1.54, 1.807) is 6.20 Å². The molecule has 2 rings (SSSR count). The molecule has 18 heavy (non-hydrogen) atoms. The molecule has 0 amide bonds. The van der Waals surface area contributed by atoms with Crippen LogP contribution in [-0.4, -0.2) is 21.6 Å². The van der Waals surface area contributed by atoms with Crippen LogP contribution in [0.3, 0.4) is 0 Å². The van der Waals surface area contributed by atoms with Gasteiger partial charge in [-0.3, -0.25) is 0 Å². The Morgan fingerprint density at radius 1 is 1.22 bits per heavy atom. The van der Waals surface area contributed by atoms with Crippen molar-refractivity contribution in [3.8, 4) is 0 Å². The smallest absolute Gasteiger partial charge is 0.222 e. The van der Waals surface area contributed by atoms with Gasteiger partial charge in [0.15, 0.2) is 0 Å². The lowest BCUT2D eigenvalue weighted by Gasteiger charge is -2.14. The molecule has 4 nitrogen and oxygen atoms in total. The zero-order valence-electron chi connectivity index (χ0n) is 10.6. The first kappa shape index (κ1) is 12.5. The van der Waals surface area contributed by atoms with Gasteiger partial charge in [0.05, 0.1) is 6.10 Å². The molecule has 0 aliphatic rings. The highest BCUT2D eigenvalue weighted by Crippen LogP contribution is 2.17. The van der Waals surface area contributed by atoms with Crippen molar-refractivity contribution in [1.29, 1.82) is 0 Å². The quantitative estimate of drug-likeness (QED) is 0.864. The van der Waals surface area contributed by atoms with Gasteiger partial charge in [-0.2, -0.15) is 0 Å². The molecule has 2 N–H and O–H groups in total. The molecule has 0 fully saturated rings. The number of aliphatic hydroxyl groups is 1. The molecule has 1 unspecified atom stereocenters. The molecule has 0 saturated carbocycles. The van der Waals surface area contributed by atoms with Gasteiger partial charge in [-0.1, -0.05) is 24.3 Å². The van der Waals surface area contributed by atoms with Gasteiger partial charge in [-0.05, 0) is 31.0 Å². The van der Waals surface area contributed by atoms with E-state index in [1.165, 1.54) is 0 Å². The fourth-order valence-corrected chi connectivity index (χ4v) is 1.79. The minimum atomic E-state index is -0.560. The van der Waals surface area contributed by atoms with Gasteiger partial charge >= 0.3 is 0 Å². The number of hydrogen-bond acceptors (Lipinski definition) is 4. The molecule has 0 spiro atoms. The number of nitrogens with one attached hydrogen (secondary N) is 1. The van der Waals surface area contributed by atoms with Gasteiger partial charge < -0.3 is 10.4 Å². The van der Waals surface area contributed by atoms with E-state index in [0.29, 0.717) is 12.5 Å². The number of nitrogens with zero attached hydrogens (tertiary/aromatic N) is 2. The monoisotopic (exact) mass is 243 g/mol. The Balaban J connectivity index is 2.00. The predicted molar refractivity (Wildman–Crippen MR) is 71.4 cm³/mol. The summed E-state index contributed by atoms with van der Waals surface area (Å²) in [7, 11) is 0. The molecule has 0 saturated heterocycles.